The normalized spacial score (nSPS) is 16.3. The molecule has 0 heterocycles. The predicted molar refractivity (Wildman–Crippen MR) is 72.2 cm³/mol. The molecule has 106 valence electrons. The molecular weight excluding hydrogens is 230 g/mol. The van der Waals surface area contributed by atoms with Gasteiger partial charge in [-0.05, 0) is 26.7 Å². The molecule has 2 atom stereocenters. The van der Waals surface area contributed by atoms with Crippen LogP contribution in [0, 0.1) is 11.3 Å². The summed E-state index contributed by atoms with van der Waals surface area (Å²) in [5, 5.41) is 8.98. The zero-order chi connectivity index (χ0) is 14.0. The van der Waals surface area contributed by atoms with E-state index < -0.39 is 5.54 Å². The zero-order valence-corrected chi connectivity index (χ0v) is 12.1. The van der Waals surface area contributed by atoms with E-state index >= 15 is 0 Å². The second-order valence-corrected chi connectivity index (χ2v) is 4.96. The largest absolute Gasteiger partial charge is 0.385 e. The Kier molecular flexibility index (Phi) is 8.94. The summed E-state index contributed by atoms with van der Waals surface area (Å²) in [5.41, 5.74) is 5.12. The number of nitriles is 1. The van der Waals surface area contributed by atoms with Crippen LogP contribution in [-0.4, -0.2) is 57.0 Å². The fourth-order valence-electron chi connectivity index (χ4n) is 1.96. The topological polar surface area (TPSA) is 71.5 Å². The van der Waals surface area contributed by atoms with Crippen molar-refractivity contribution in [1.82, 2.24) is 4.90 Å². The van der Waals surface area contributed by atoms with Gasteiger partial charge >= 0.3 is 0 Å². The van der Waals surface area contributed by atoms with Crippen LogP contribution < -0.4 is 5.73 Å². The third-order valence-corrected chi connectivity index (χ3v) is 2.97. The van der Waals surface area contributed by atoms with Crippen molar-refractivity contribution in [2.75, 3.05) is 40.5 Å². The van der Waals surface area contributed by atoms with E-state index in [9.17, 15) is 0 Å². The molecule has 0 aromatic rings. The van der Waals surface area contributed by atoms with Crippen molar-refractivity contribution in [1.29, 1.82) is 5.26 Å². The maximum atomic E-state index is 8.98. The highest BCUT2D eigenvalue weighted by Crippen LogP contribution is 2.13. The first-order valence-corrected chi connectivity index (χ1v) is 6.39. The number of hydrogen-bond donors (Lipinski definition) is 1. The van der Waals surface area contributed by atoms with Gasteiger partial charge in [0.25, 0.3) is 0 Å². The Morgan fingerprint density at radius 2 is 1.89 bits per heavy atom. The van der Waals surface area contributed by atoms with Crippen LogP contribution in [0.3, 0.4) is 0 Å². The Balaban J connectivity index is 4.30. The van der Waals surface area contributed by atoms with E-state index in [0.717, 1.165) is 26.1 Å². The van der Waals surface area contributed by atoms with E-state index in [-0.39, 0.29) is 6.04 Å². The molecule has 0 aliphatic heterocycles. The molecule has 0 amide bonds. The molecule has 2 unspecified atom stereocenters. The van der Waals surface area contributed by atoms with Crippen LogP contribution in [0.15, 0.2) is 0 Å². The van der Waals surface area contributed by atoms with Gasteiger partial charge in [-0.1, -0.05) is 0 Å². The number of nitrogens with zero attached hydrogens (tertiary/aromatic N) is 2. The van der Waals surface area contributed by atoms with Gasteiger partial charge < -0.3 is 15.2 Å². The number of nitrogens with two attached hydrogens (primary N) is 1. The molecule has 2 N–H and O–H groups in total. The molecule has 0 rings (SSSR count). The standard InChI is InChI=1S/C13H27N3O2/c1-12(10-13(2,15)11-14)16(7-9-18-4)6-5-8-17-3/h12H,5-10,15H2,1-4H3. The van der Waals surface area contributed by atoms with Gasteiger partial charge in [-0.3, -0.25) is 4.90 Å². The van der Waals surface area contributed by atoms with E-state index in [1.165, 1.54) is 0 Å². The summed E-state index contributed by atoms with van der Waals surface area (Å²) in [7, 11) is 3.40. The maximum Gasteiger partial charge on any atom is 0.102 e. The molecule has 0 spiro atoms. The average molecular weight is 257 g/mol. The number of hydrogen-bond acceptors (Lipinski definition) is 5. The van der Waals surface area contributed by atoms with Gasteiger partial charge in [0.05, 0.1) is 12.7 Å². The van der Waals surface area contributed by atoms with Crippen LogP contribution in [0.25, 0.3) is 0 Å². The van der Waals surface area contributed by atoms with E-state index in [4.69, 9.17) is 20.5 Å². The van der Waals surface area contributed by atoms with Crippen molar-refractivity contribution in [3.63, 3.8) is 0 Å². The molecule has 0 saturated carbocycles. The minimum atomic E-state index is -0.772. The van der Waals surface area contributed by atoms with Crippen LogP contribution in [0.1, 0.15) is 26.7 Å². The SMILES string of the molecule is COCCCN(CCOC)C(C)CC(C)(N)C#N. The Morgan fingerprint density at radius 3 is 2.39 bits per heavy atom. The van der Waals surface area contributed by atoms with Crippen LogP contribution >= 0.6 is 0 Å². The molecule has 0 radical (unpaired) electrons. The quantitative estimate of drug-likeness (QED) is 0.591. The fourth-order valence-corrected chi connectivity index (χ4v) is 1.96. The summed E-state index contributed by atoms with van der Waals surface area (Å²) in [6, 6.07) is 2.40. The molecule has 0 fully saturated rings. The third kappa shape index (κ3) is 7.62. The number of ether oxygens (including phenoxy) is 2. The van der Waals surface area contributed by atoms with E-state index in [1.807, 2.05) is 0 Å². The van der Waals surface area contributed by atoms with Gasteiger partial charge in [0, 0.05) is 40.0 Å². The summed E-state index contributed by atoms with van der Waals surface area (Å²) >= 11 is 0. The molecule has 5 heteroatoms. The molecule has 18 heavy (non-hydrogen) atoms. The van der Waals surface area contributed by atoms with Crippen molar-refractivity contribution in [3.8, 4) is 6.07 Å². The van der Waals surface area contributed by atoms with Crippen molar-refractivity contribution in [2.24, 2.45) is 5.73 Å². The highest BCUT2D eigenvalue weighted by molar-refractivity contribution is 5.02. The van der Waals surface area contributed by atoms with Gasteiger partial charge in [0.2, 0.25) is 0 Å². The summed E-state index contributed by atoms with van der Waals surface area (Å²) in [6.07, 6.45) is 1.62. The molecule has 0 aromatic carbocycles. The molecule has 0 aliphatic rings. The van der Waals surface area contributed by atoms with Crippen molar-refractivity contribution in [3.05, 3.63) is 0 Å². The van der Waals surface area contributed by atoms with Gasteiger partial charge in [-0.15, -0.1) is 0 Å². The smallest absolute Gasteiger partial charge is 0.102 e. The molecular formula is C13H27N3O2. The van der Waals surface area contributed by atoms with Crippen LogP contribution in [-0.2, 0) is 9.47 Å². The zero-order valence-electron chi connectivity index (χ0n) is 12.1. The molecule has 5 nitrogen and oxygen atoms in total. The second kappa shape index (κ2) is 9.29. The summed E-state index contributed by atoms with van der Waals surface area (Å²) < 4.78 is 10.2. The lowest BCUT2D eigenvalue weighted by Gasteiger charge is -2.32. The van der Waals surface area contributed by atoms with E-state index in [0.29, 0.717) is 13.0 Å². The van der Waals surface area contributed by atoms with Crippen LogP contribution in [0.2, 0.25) is 0 Å². The lowest BCUT2D eigenvalue weighted by Crippen LogP contribution is -2.45. The molecule has 0 aliphatic carbocycles. The second-order valence-electron chi connectivity index (χ2n) is 4.96. The highest BCUT2D eigenvalue weighted by atomic mass is 16.5. The first kappa shape index (κ1) is 17.3. The summed E-state index contributed by atoms with van der Waals surface area (Å²) in [6.45, 7) is 7.08. The van der Waals surface area contributed by atoms with Gasteiger partial charge in [-0.2, -0.15) is 5.26 Å². The van der Waals surface area contributed by atoms with Crippen molar-refractivity contribution < 1.29 is 9.47 Å². The number of methoxy groups -OCH3 is 2. The lowest BCUT2D eigenvalue weighted by molar-refractivity contribution is 0.103. The fraction of sp³-hybridized carbons (Fsp3) is 0.923. The van der Waals surface area contributed by atoms with E-state index in [2.05, 4.69) is 17.9 Å². The van der Waals surface area contributed by atoms with Crippen LogP contribution in [0.4, 0.5) is 0 Å². The third-order valence-electron chi connectivity index (χ3n) is 2.97. The van der Waals surface area contributed by atoms with Crippen LogP contribution in [0.5, 0.6) is 0 Å². The Morgan fingerprint density at radius 1 is 1.28 bits per heavy atom. The van der Waals surface area contributed by atoms with Gasteiger partial charge in [0.15, 0.2) is 0 Å². The van der Waals surface area contributed by atoms with Crippen molar-refractivity contribution >= 4 is 0 Å². The first-order chi connectivity index (χ1) is 8.46. The van der Waals surface area contributed by atoms with Gasteiger partial charge in [0.1, 0.15) is 5.54 Å². The van der Waals surface area contributed by atoms with E-state index in [1.54, 1.807) is 21.1 Å². The minimum absolute atomic E-state index is 0.256. The average Bonchev–Trinajstić information content (AvgIpc) is 2.33. The molecule has 0 bridgehead atoms. The minimum Gasteiger partial charge on any atom is -0.385 e. The Hall–Kier alpha value is -0.670. The van der Waals surface area contributed by atoms with Gasteiger partial charge in [-0.25, -0.2) is 0 Å². The maximum absolute atomic E-state index is 8.98. The Labute approximate surface area is 111 Å². The summed E-state index contributed by atoms with van der Waals surface area (Å²) in [4.78, 5) is 2.30. The summed E-state index contributed by atoms with van der Waals surface area (Å²) in [5.74, 6) is 0. The number of rotatable bonds is 10. The molecule has 0 saturated heterocycles. The first-order valence-electron chi connectivity index (χ1n) is 6.39. The van der Waals surface area contributed by atoms with Crippen molar-refractivity contribution in [2.45, 2.75) is 38.3 Å². The Bertz CT molecular complexity index is 251. The lowest BCUT2D eigenvalue weighted by atomic mass is 9.96. The molecule has 0 aromatic heterocycles. The predicted octanol–water partition coefficient (Wildman–Crippen LogP) is 0.991. The highest BCUT2D eigenvalue weighted by Gasteiger charge is 2.24. The monoisotopic (exact) mass is 257 g/mol.